The van der Waals surface area contributed by atoms with E-state index in [4.69, 9.17) is 4.74 Å². The molecule has 2 amide bonds. The van der Waals surface area contributed by atoms with E-state index in [-0.39, 0.29) is 5.69 Å². The van der Waals surface area contributed by atoms with Gasteiger partial charge in [0.2, 0.25) is 0 Å². The summed E-state index contributed by atoms with van der Waals surface area (Å²) in [6, 6.07) is 7.60. The maximum absolute atomic E-state index is 13.5. The molecule has 2 aliphatic rings. The second kappa shape index (κ2) is 5.87. The zero-order valence-electron chi connectivity index (χ0n) is 13.5. The molecule has 2 heterocycles. The minimum atomic E-state index is -1.15. The first-order valence-electron chi connectivity index (χ1n) is 7.68. The smallest absolute Gasteiger partial charge is 0.263 e. The van der Waals surface area contributed by atoms with Crippen LogP contribution in [0, 0.1) is 11.6 Å². The van der Waals surface area contributed by atoms with Crippen LogP contribution in [0.5, 0.6) is 5.75 Å². The maximum atomic E-state index is 13.5. The normalized spacial score (nSPS) is 21.5. The van der Waals surface area contributed by atoms with Gasteiger partial charge < -0.3 is 4.74 Å². The molecule has 2 aromatic carbocycles. The molecule has 2 aliphatic heterocycles. The number of amides is 2. The summed E-state index contributed by atoms with van der Waals surface area (Å²) in [6.45, 7) is 0. The lowest BCUT2D eigenvalue weighted by Gasteiger charge is -2.21. The zero-order valence-corrected chi connectivity index (χ0v) is 13.5. The summed E-state index contributed by atoms with van der Waals surface area (Å²) in [5.74, 6) is -2.91. The third-order valence-corrected chi connectivity index (χ3v) is 4.26. The van der Waals surface area contributed by atoms with E-state index < -0.39 is 35.5 Å². The van der Waals surface area contributed by atoms with Gasteiger partial charge in [0.25, 0.3) is 11.8 Å². The van der Waals surface area contributed by atoms with Crippen molar-refractivity contribution in [2.24, 2.45) is 10.3 Å². The number of fused-ring (bicyclic) bond motifs is 1. The summed E-state index contributed by atoms with van der Waals surface area (Å²) in [4.78, 5) is 26.2. The Bertz CT molecular complexity index is 949. The van der Waals surface area contributed by atoms with Gasteiger partial charge in [-0.05, 0) is 24.3 Å². The highest BCUT2D eigenvalue weighted by Crippen LogP contribution is 2.36. The Morgan fingerprint density at radius 1 is 1.00 bits per heavy atom. The van der Waals surface area contributed by atoms with Gasteiger partial charge in [-0.2, -0.15) is 5.11 Å². The number of benzene rings is 2. The van der Waals surface area contributed by atoms with Crippen molar-refractivity contribution in [3.63, 3.8) is 0 Å². The van der Waals surface area contributed by atoms with E-state index in [0.29, 0.717) is 11.4 Å². The van der Waals surface area contributed by atoms with E-state index in [1.54, 1.807) is 24.3 Å². The Morgan fingerprint density at radius 3 is 2.54 bits per heavy atom. The van der Waals surface area contributed by atoms with Crippen molar-refractivity contribution in [3.8, 4) is 5.75 Å². The van der Waals surface area contributed by atoms with Crippen LogP contribution in [0.2, 0.25) is 0 Å². The van der Waals surface area contributed by atoms with Gasteiger partial charge in [0.1, 0.15) is 5.75 Å². The lowest BCUT2D eigenvalue weighted by molar-refractivity contribution is -0.121. The molecular weight excluding hydrogens is 346 g/mol. The fourth-order valence-electron chi connectivity index (χ4n) is 3.00. The molecule has 0 spiro atoms. The number of methoxy groups -OCH3 is 1. The van der Waals surface area contributed by atoms with E-state index in [2.05, 4.69) is 10.3 Å². The molecule has 4 rings (SSSR count). The summed E-state index contributed by atoms with van der Waals surface area (Å²) in [7, 11) is 1.50. The summed E-state index contributed by atoms with van der Waals surface area (Å²) >= 11 is 0. The van der Waals surface area contributed by atoms with Crippen molar-refractivity contribution in [1.29, 1.82) is 0 Å². The largest absolute Gasteiger partial charge is 0.497 e. The van der Waals surface area contributed by atoms with Crippen LogP contribution >= 0.6 is 0 Å². The molecule has 1 saturated heterocycles. The Hall–Kier alpha value is -3.36. The molecule has 132 valence electrons. The number of hydrogen-bond acceptors (Lipinski definition) is 6. The van der Waals surface area contributed by atoms with Gasteiger partial charge in [-0.15, -0.1) is 0 Å². The molecule has 0 aliphatic carbocycles. The second-order valence-corrected chi connectivity index (χ2v) is 5.75. The average Bonchev–Trinajstić information content (AvgIpc) is 3.18. The average molecular weight is 358 g/mol. The Balaban J connectivity index is 1.70. The second-order valence-electron chi connectivity index (χ2n) is 5.75. The van der Waals surface area contributed by atoms with Gasteiger partial charge >= 0.3 is 0 Å². The molecule has 0 aromatic heterocycles. The molecule has 7 nitrogen and oxygen atoms in total. The number of halogens is 2. The number of carbonyl (C=O) groups is 2. The minimum absolute atomic E-state index is 0.0471. The molecule has 2 aromatic rings. The summed E-state index contributed by atoms with van der Waals surface area (Å²) in [5.41, 5.74) is 0.475. The lowest BCUT2D eigenvalue weighted by atomic mass is 10.1. The Labute approximate surface area is 146 Å². The lowest BCUT2D eigenvalue weighted by Crippen LogP contribution is -2.39. The standard InChI is InChI=1S/C17H12F2N4O3/c1-26-11-4-2-3-10(7-11)23-15-14(20-21-23)16(24)22(17(15)25)9-5-6-12(18)13(19)8-9/h2-8,14-15H,1H3/t14-,15+/m1/s1. The molecule has 2 atom stereocenters. The van der Waals surface area contributed by atoms with Crippen LogP contribution in [-0.2, 0) is 9.59 Å². The summed E-state index contributed by atoms with van der Waals surface area (Å²) in [6.07, 6.45) is 0. The van der Waals surface area contributed by atoms with Gasteiger partial charge in [0.15, 0.2) is 23.7 Å². The van der Waals surface area contributed by atoms with Crippen LogP contribution in [0.4, 0.5) is 20.2 Å². The quantitative estimate of drug-likeness (QED) is 0.790. The van der Waals surface area contributed by atoms with Gasteiger partial charge in [0.05, 0.1) is 18.5 Å². The van der Waals surface area contributed by atoms with Crippen LogP contribution < -0.4 is 14.6 Å². The van der Waals surface area contributed by atoms with Crippen LogP contribution in [0.3, 0.4) is 0 Å². The fourth-order valence-corrected chi connectivity index (χ4v) is 3.00. The fraction of sp³-hybridized carbons (Fsp3) is 0.176. The number of carbonyl (C=O) groups excluding carboxylic acids is 2. The maximum Gasteiger partial charge on any atom is 0.263 e. The highest BCUT2D eigenvalue weighted by molar-refractivity contribution is 6.26. The third kappa shape index (κ3) is 2.32. The van der Waals surface area contributed by atoms with Gasteiger partial charge in [-0.1, -0.05) is 11.3 Å². The van der Waals surface area contributed by atoms with Crippen LogP contribution in [0.15, 0.2) is 52.8 Å². The van der Waals surface area contributed by atoms with Crippen LogP contribution in [0.1, 0.15) is 0 Å². The number of ether oxygens (including phenoxy) is 1. The van der Waals surface area contributed by atoms with Crippen molar-refractivity contribution in [1.82, 2.24) is 0 Å². The zero-order chi connectivity index (χ0) is 18.4. The minimum Gasteiger partial charge on any atom is -0.497 e. The molecule has 0 unspecified atom stereocenters. The first-order valence-corrected chi connectivity index (χ1v) is 7.68. The van der Waals surface area contributed by atoms with Crippen molar-refractivity contribution < 1.29 is 23.1 Å². The van der Waals surface area contributed by atoms with Gasteiger partial charge in [-0.3, -0.25) is 9.59 Å². The van der Waals surface area contributed by atoms with E-state index in [9.17, 15) is 18.4 Å². The van der Waals surface area contributed by atoms with Crippen LogP contribution in [-0.4, -0.2) is 31.0 Å². The summed E-state index contributed by atoms with van der Waals surface area (Å²) < 4.78 is 31.8. The molecule has 9 heteroatoms. The topological polar surface area (TPSA) is 74.6 Å². The third-order valence-electron chi connectivity index (χ3n) is 4.26. The predicted octanol–water partition coefficient (Wildman–Crippen LogP) is 2.47. The first kappa shape index (κ1) is 16.1. The highest BCUT2D eigenvalue weighted by atomic mass is 19.2. The van der Waals surface area contributed by atoms with Gasteiger partial charge in [0, 0.05) is 12.1 Å². The van der Waals surface area contributed by atoms with E-state index in [1.165, 1.54) is 18.2 Å². The predicted molar refractivity (Wildman–Crippen MR) is 86.8 cm³/mol. The number of rotatable bonds is 3. The molecule has 0 bridgehead atoms. The van der Waals surface area contributed by atoms with E-state index >= 15 is 0 Å². The molecule has 0 saturated carbocycles. The van der Waals surface area contributed by atoms with Crippen molar-refractivity contribution >= 4 is 23.2 Å². The van der Waals surface area contributed by atoms with E-state index in [1.807, 2.05) is 0 Å². The summed E-state index contributed by atoms with van der Waals surface area (Å²) in [5, 5.41) is 9.14. The number of imide groups is 1. The molecule has 1 fully saturated rings. The highest BCUT2D eigenvalue weighted by Gasteiger charge is 2.55. The molecule has 0 N–H and O–H groups in total. The molecule has 0 radical (unpaired) electrons. The number of hydrogen-bond donors (Lipinski definition) is 0. The van der Waals surface area contributed by atoms with E-state index in [0.717, 1.165) is 17.0 Å². The Morgan fingerprint density at radius 2 is 1.81 bits per heavy atom. The monoisotopic (exact) mass is 358 g/mol. The van der Waals surface area contributed by atoms with Crippen molar-refractivity contribution in [2.45, 2.75) is 12.1 Å². The van der Waals surface area contributed by atoms with Gasteiger partial charge in [-0.25, -0.2) is 18.7 Å². The molecular formula is C17H12F2N4O3. The number of nitrogens with zero attached hydrogens (tertiary/aromatic N) is 4. The van der Waals surface area contributed by atoms with Crippen molar-refractivity contribution in [3.05, 3.63) is 54.1 Å². The SMILES string of the molecule is COc1cccc(N2N=N[C@H]3C(=O)N(c4ccc(F)c(F)c4)C(=O)[C@H]32)c1. The van der Waals surface area contributed by atoms with Crippen molar-refractivity contribution in [2.75, 3.05) is 17.0 Å². The first-order chi connectivity index (χ1) is 12.5. The Kier molecular flexibility index (Phi) is 3.64. The molecule has 26 heavy (non-hydrogen) atoms. The number of anilines is 2. The van der Waals surface area contributed by atoms with Crippen LogP contribution in [0.25, 0.3) is 0 Å².